The molecule has 4 atom stereocenters. The summed E-state index contributed by atoms with van der Waals surface area (Å²) in [5.74, 6) is 2.95. The van der Waals surface area contributed by atoms with Gasteiger partial charge in [-0.15, -0.1) is 0 Å². The van der Waals surface area contributed by atoms with Crippen molar-refractivity contribution >= 4 is 17.4 Å². The lowest BCUT2D eigenvalue weighted by atomic mass is 9.57. The average molecular weight is 263 g/mol. The zero-order valence-corrected chi connectivity index (χ0v) is 12.9. The van der Waals surface area contributed by atoms with Gasteiger partial charge in [0, 0.05) is 0 Å². The van der Waals surface area contributed by atoms with Gasteiger partial charge in [-0.1, -0.05) is 25.5 Å². The first kappa shape index (κ1) is 14.0. The van der Waals surface area contributed by atoms with Crippen LogP contribution in [0.1, 0.15) is 53.4 Å². The predicted molar refractivity (Wildman–Crippen MR) is 81.0 cm³/mol. The maximum absolute atomic E-state index is 4.87. The Bertz CT molecular complexity index is 392. The van der Waals surface area contributed by atoms with Crippen molar-refractivity contribution in [3.63, 3.8) is 0 Å². The molecule has 0 aromatic carbocycles. The van der Waals surface area contributed by atoms with E-state index >= 15 is 0 Å². The Balaban J connectivity index is 2.34. The van der Waals surface area contributed by atoms with Crippen LogP contribution in [0.2, 0.25) is 0 Å². The van der Waals surface area contributed by atoms with Gasteiger partial charge in [0.25, 0.3) is 0 Å². The third-order valence-electron chi connectivity index (χ3n) is 5.23. The van der Waals surface area contributed by atoms with Gasteiger partial charge in [0.2, 0.25) is 0 Å². The Hall–Kier alpha value is -0.460. The molecule has 1 fully saturated rings. The molecule has 2 heteroatoms. The summed E-state index contributed by atoms with van der Waals surface area (Å²) in [5, 5.41) is 2.65. The van der Waals surface area contributed by atoms with Gasteiger partial charge in [-0.3, -0.25) is 0 Å². The lowest BCUT2D eigenvalue weighted by Gasteiger charge is -2.49. The number of thiocarbonyl (C=S) groups is 1. The average Bonchev–Trinajstić information content (AvgIpc) is 2.28. The second-order valence-corrected chi connectivity index (χ2v) is 6.92. The lowest BCUT2D eigenvalue weighted by Crippen LogP contribution is -2.47. The molecular weight excluding hydrogens is 238 g/mol. The first-order valence-corrected chi connectivity index (χ1v) is 7.65. The van der Waals surface area contributed by atoms with Crippen molar-refractivity contribution in [2.75, 3.05) is 0 Å². The molecule has 2 aliphatic rings. The molecule has 100 valence electrons. The van der Waals surface area contributed by atoms with E-state index < -0.39 is 0 Å². The third kappa shape index (κ3) is 2.46. The van der Waals surface area contributed by atoms with Gasteiger partial charge >= 0.3 is 0 Å². The van der Waals surface area contributed by atoms with E-state index in [9.17, 15) is 0 Å². The van der Waals surface area contributed by atoms with Gasteiger partial charge in [0.05, 0.1) is 10.7 Å². The van der Waals surface area contributed by atoms with Crippen LogP contribution in [0, 0.1) is 23.7 Å². The minimum atomic E-state index is 0.0367. The normalized spacial score (nSPS) is 39.8. The highest BCUT2D eigenvalue weighted by atomic mass is 32.1. The Morgan fingerprint density at radius 2 is 2.17 bits per heavy atom. The van der Waals surface area contributed by atoms with Gasteiger partial charge in [-0.2, -0.15) is 0 Å². The zero-order chi connectivity index (χ0) is 13.3. The van der Waals surface area contributed by atoms with E-state index in [2.05, 4.69) is 43.9 Å². The van der Waals surface area contributed by atoms with Crippen LogP contribution in [-0.2, 0) is 0 Å². The van der Waals surface area contributed by atoms with Crippen LogP contribution in [0.25, 0.3) is 0 Å². The quantitative estimate of drug-likeness (QED) is 0.393. The van der Waals surface area contributed by atoms with Crippen molar-refractivity contribution in [3.05, 3.63) is 11.6 Å². The van der Waals surface area contributed by atoms with Gasteiger partial charge in [-0.05, 0) is 75.4 Å². The van der Waals surface area contributed by atoms with E-state index in [4.69, 9.17) is 12.2 Å². The van der Waals surface area contributed by atoms with Crippen molar-refractivity contribution < 1.29 is 0 Å². The molecule has 0 radical (unpaired) electrons. The molecule has 1 saturated carbocycles. The molecule has 2 aliphatic carbocycles. The van der Waals surface area contributed by atoms with E-state index in [-0.39, 0.29) is 5.54 Å². The first-order chi connectivity index (χ1) is 8.48. The molecule has 0 bridgehead atoms. The number of hydrogen-bond acceptors (Lipinski definition) is 2. The second-order valence-electron chi connectivity index (χ2n) is 6.74. The van der Waals surface area contributed by atoms with Gasteiger partial charge in [0.15, 0.2) is 0 Å². The van der Waals surface area contributed by atoms with Crippen LogP contribution < -0.4 is 0 Å². The summed E-state index contributed by atoms with van der Waals surface area (Å²) in [6.07, 6.45) is 7.49. The summed E-state index contributed by atoms with van der Waals surface area (Å²) in [7, 11) is 0. The zero-order valence-electron chi connectivity index (χ0n) is 12.1. The number of hydrogen-bond donors (Lipinski definition) is 0. The first-order valence-electron chi connectivity index (χ1n) is 7.24. The number of allylic oxidation sites excluding steroid dienone is 2. The fourth-order valence-corrected chi connectivity index (χ4v) is 4.32. The van der Waals surface area contributed by atoms with Gasteiger partial charge in [-0.25, -0.2) is 4.99 Å². The smallest absolute Gasteiger partial charge is 0.0716 e. The fraction of sp³-hybridized carbons (Fsp3) is 0.812. The summed E-state index contributed by atoms with van der Waals surface area (Å²) < 4.78 is 0. The molecule has 0 spiro atoms. The van der Waals surface area contributed by atoms with Crippen LogP contribution in [0.4, 0.5) is 0 Å². The van der Waals surface area contributed by atoms with Crippen molar-refractivity contribution in [2.24, 2.45) is 28.7 Å². The molecule has 1 nitrogen and oxygen atoms in total. The van der Waals surface area contributed by atoms with Crippen LogP contribution in [-0.4, -0.2) is 10.7 Å². The Labute approximate surface area is 117 Å². The van der Waals surface area contributed by atoms with Crippen LogP contribution in [0.5, 0.6) is 0 Å². The van der Waals surface area contributed by atoms with E-state index in [0.29, 0.717) is 11.8 Å². The molecule has 0 aromatic heterocycles. The van der Waals surface area contributed by atoms with Crippen molar-refractivity contribution in [3.8, 4) is 0 Å². The number of rotatable bonds is 2. The summed E-state index contributed by atoms with van der Waals surface area (Å²) in [4.78, 5) is 4.55. The minimum absolute atomic E-state index is 0.0367. The van der Waals surface area contributed by atoms with Gasteiger partial charge in [0.1, 0.15) is 0 Å². The maximum Gasteiger partial charge on any atom is 0.0716 e. The molecule has 0 amide bonds. The lowest BCUT2D eigenvalue weighted by molar-refractivity contribution is 0.0685. The van der Waals surface area contributed by atoms with E-state index in [1.54, 1.807) is 5.57 Å². The minimum Gasteiger partial charge on any atom is -0.226 e. The molecule has 2 rings (SSSR count). The summed E-state index contributed by atoms with van der Waals surface area (Å²) in [6.45, 7) is 9.30. The maximum atomic E-state index is 4.87. The number of fused-ring (bicyclic) bond motifs is 1. The number of isothiocyanates is 1. The topological polar surface area (TPSA) is 12.4 Å². The summed E-state index contributed by atoms with van der Waals surface area (Å²) >= 11 is 4.87. The fourth-order valence-electron chi connectivity index (χ4n) is 4.11. The molecule has 18 heavy (non-hydrogen) atoms. The standard InChI is InChI=1S/C16H25NS/c1-11(2)13-7-8-16(4,17-10-18)15-6-5-12(3)9-14(13)15/h9,11,13-15H,5-8H2,1-4H3/t13-,14-,15-,16-/m1/s1. The number of nitrogens with zero attached hydrogens (tertiary/aromatic N) is 1. The van der Waals surface area contributed by atoms with Crippen molar-refractivity contribution in [2.45, 2.75) is 58.9 Å². The highest BCUT2D eigenvalue weighted by Gasteiger charge is 2.47. The highest BCUT2D eigenvalue weighted by Crippen LogP contribution is 2.51. The van der Waals surface area contributed by atoms with Crippen LogP contribution >= 0.6 is 12.2 Å². The monoisotopic (exact) mass is 263 g/mol. The Morgan fingerprint density at radius 3 is 2.78 bits per heavy atom. The van der Waals surface area contributed by atoms with E-state index in [1.165, 1.54) is 25.7 Å². The Kier molecular flexibility index (Phi) is 4.08. The molecule has 0 unspecified atom stereocenters. The van der Waals surface area contributed by atoms with Crippen molar-refractivity contribution in [1.29, 1.82) is 0 Å². The molecule has 0 aromatic rings. The van der Waals surface area contributed by atoms with Gasteiger partial charge < -0.3 is 0 Å². The van der Waals surface area contributed by atoms with E-state index in [1.807, 2.05) is 0 Å². The SMILES string of the molecule is CC1=C[C@@H]2[C@@H](C(C)C)CC[C@@](C)(N=C=S)[C@@H]2CC1. The van der Waals surface area contributed by atoms with Crippen LogP contribution in [0.3, 0.4) is 0 Å². The molecular formula is C16H25NS. The van der Waals surface area contributed by atoms with E-state index in [0.717, 1.165) is 11.8 Å². The molecule has 0 N–H and O–H groups in total. The molecule has 0 aliphatic heterocycles. The Morgan fingerprint density at radius 1 is 1.44 bits per heavy atom. The van der Waals surface area contributed by atoms with Crippen LogP contribution in [0.15, 0.2) is 16.6 Å². The predicted octanol–water partition coefficient (Wildman–Crippen LogP) is 4.89. The summed E-state index contributed by atoms with van der Waals surface area (Å²) in [5.41, 5.74) is 1.60. The molecule has 0 saturated heterocycles. The highest BCUT2D eigenvalue weighted by molar-refractivity contribution is 7.78. The second kappa shape index (κ2) is 5.27. The molecule has 0 heterocycles. The largest absolute Gasteiger partial charge is 0.226 e. The summed E-state index contributed by atoms with van der Waals surface area (Å²) in [6, 6.07) is 0. The third-order valence-corrected chi connectivity index (χ3v) is 5.32. The number of aliphatic imine (C=N–C) groups is 1. The van der Waals surface area contributed by atoms with Crippen molar-refractivity contribution in [1.82, 2.24) is 0 Å².